The van der Waals surface area contributed by atoms with Crippen LogP contribution in [-0.4, -0.2) is 48.9 Å². The highest BCUT2D eigenvalue weighted by Gasteiger charge is 2.32. The molecule has 1 aliphatic rings. The third kappa shape index (κ3) is 5.72. The number of amides is 2. The fraction of sp³-hybridized carbons (Fsp3) is 0.556. The van der Waals surface area contributed by atoms with Crippen molar-refractivity contribution in [2.24, 2.45) is 0 Å². The van der Waals surface area contributed by atoms with Crippen LogP contribution in [0.4, 0.5) is 0 Å². The van der Waals surface area contributed by atoms with E-state index in [0.29, 0.717) is 19.4 Å². The summed E-state index contributed by atoms with van der Waals surface area (Å²) in [5.74, 6) is 0.459. The lowest BCUT2D eigenvalue weighted by atomic mass is 9.97. The van der Waals surface area contributed by atoms with E-state index in [0.717, 1.165) is 11.3 Å². The summed E-state index contributed by atoms with van der Waals surface area (Å²) in [5, 5.41) is 15.1. The van der Waals surface area contributed by atoms with Crippen LogP contribution >= 0.6 is 0 Å². The molecule has 1 aromatic carbocycles. The number of aliphatic hydroxyl groups is 1. The average Bonchev–Trinajstić information content (AvgIpc) is 2.61. The minimum Gasteiger partial charge on any atom is -0.496 e. The zero-order valence-corrected chi connectivity index (χ0v) is 14.7. The van der Waals surface area contributed by atoms with Crippen molar-refractivity contribution < 1.29 is 24.2 Å². The molecule has 1 heterocycles. The Hall–Kier alpha value is -2.12. The van der Waals surface area contributed by atoms with Crippen molar-refractivity contribution in [2.75, 3.05) is 13.7 Å². The molecule has 3 N–H and O–H groups in total. The van der Waals surface area contributed by atoms with E-state index in [1.165, 1.54) is 6.92 Å². The van der Waals surface area contributed by atoms with Crippen LogP contribution in [-0.2, 0) is 20.9 Å². The predicted molar refractivity (Wildman–Crippen MR) is 92.0 cm³/mol. The van der Waals surface area contributed by atoms with Gasteiger partial charge in [-0.05, 0) is 18.9 Å². The number of nitrogens with one attached hydrogen (secondary N) is 2. The molecule has 1 aliphatic heterocycles. The molecule has 0 unspecified atom stereocenters. The molecule has 0 aromatic heterocycles. The van der Waals surface area contributed by atoms with Gasteiger partial charge in [0.05, 0.1) is 32.3 Å². The lowest BCUT2D eigenvalue weighted by Crippen LogP contribution is -2.51. The fourth-order valence-corrected chi connectivity index (χ4v) is 3.03. The third-order valence-corrected chi connectivity index (χ3v) is 4.27. The first-order valence-electron chi connectivity index (χ1n) is 8.45. The zero-order valence-electron chi connectivity index (χ0n) is 14.7. The number of rotatable bonds is 7. The summed E-state index contributed by atoms with van der Waals surface area (Å²) in [6, 6.07) is 7.30. The van der Waals surface area contributed by atoms with Crippen molar-refractivity contribution >= 4 is 11.8 Å². The van der Waals surface area contributed by atoms with Gasteiger partial charge in [0.15, 0.2) is 0 Å². The van der Waals surface area contributed by atoms with E-state index in [1.807, 2.05) is 24.3 Å². The van der Waals surface area contributed by atoms with E-state index in [1.54, 1.807) is 7.11 Å². The van der Waals surface area contributed by atoms with Gasteiger partial charge in [-0.15, -0.1) is 0 Å². The van der Waals surface area contributed by atoms with Crippen LogP contribution in [0, 0.1) is 0 Å². The molecule has 2 rings (SSSR count). The SMILES string of the molecule is COc1ccccc1CNC(=O)C[C@@H]1CC[C@@H](NC(C)=O)[C@H](CO)O1. The van der Waals surface area contributed by atoms with Gasteiger partial charge in [0.25, 0.3) is 0 Å². The third-order valence-electron chi connectivity index (χ3n) is 4.27. The van der Waals surface area contributed by atoms with Gasteiger partial charge in [0, 0.05) is 19.0 Å². The number of hydrogen-bond acceptors (Lipinski definition) is 5. The molecule has 25 heavy (non-hydrogen) atoms. The summed E-state index contributed by atoms with van der Waals surface area (Å²) in [6.07, 6.45) is 0.807. The molecule has 138 valence electrons. The second kappa shape index (κ2) is 9.39. The summed E-state index contributed by atoms with van der Waals surface area (Å²) >= 11 is 0. The Labute approximate surface area is 147 Å². The minimum atomic E-state index is -0.482. The first-order chi connectivity index (χ1) is 12.0. The largest absolute Gasteiger partial charge is 0.496 e. The van der Waals surface area contributed by atoms with Crippen molar-refractivity contribution in [2.45, 2.75) is 51.0 Å². The second-order valence-corrected chi connectivity index (χ2v) is 6.16. The van der Waals surface area contributed by atoms with Gasteiger partial charge in [0.1, 0.15) is 11.9 Å². The molecule has 0 aliphatic carbocycles. The molecule has 7 heteroatoms. The van der Waals surface area contributed by atoms with Crippen molar-refractivity contribution in [3.63, 3.8) is 0 Å². The summed E-state index contributed by atoms with van der Waals surface area (Å²) < 4.78 is 11.0. The van der Waals surface area contributed by atoms with Gasteiger partial charge < -0.3 is 25.2 Å². The number of aliphatic hydroxyl groups excluding tert-OH is 1. The molecule has 1 saturated heterocycles. The summed E-state index contributed by atoms with van der Waals surface area (Å²) in [6.45, 7) is 1.63. The molecule has 0 spiro atoms. The van der Waals surface area contributed by atoms with Crippen LogP contribution in [0.25, 0.3) is 0 Å². The molecule has 7 nitrogen and oxygen atoms in total. The van der Waals surface area contributed by atoms with Crippen LogP contribution in [0.3, 0.4) is 0 Å². The van der Waals surface area contributed by atoms with E-state index >= 15 is 0 Å². The van der Waals surface area contributed by atoms with Gasteiger partial charge >= 0.3 is 0 Å². The van der Waals surface area contributed by atoms with Gasteiger partial charge in [-0.25, -0.2) is 0 Å². The van der Waals surface area contributed by atoms with E-state index in [-0.39, 0.29) is 37.0 Å². The summed E-state index contributed by atoms with van der Waals surface area (Å²) in [5.41, 5.74) is 0.905. The molecular weight excluding hydrogens is 324 g/mol. The van der Waals surface area contributed by atoms with Crippen LogP contribution in [0.1, 0.15) is 31.7 Å². The molecule has 3 atom stereocenters. The highest BCUT2D eigenvalue weighted by Crippen LogP contribution is 2.22. The van der Waals surface area contributed by atoms with Crippen LogP contribution in [0.2, 0.25) is 0 Å². The van der Waals surface area contributed by atoms with Crippen LogP contribution in [0.5, 0.6) is 5.75 Å². The molecule has 0 saturated carbocycles. The maximum Gasteiger partial charge on any atom is 0.222 e. The number of carbonyl (C=O) groups is 2. The number of methoxy groups -OCH3 is 1. The quantitative estimate of drug-likeness (QED) is 0.674. The maximum absolute atomic E-state index is 12.2. The Morgan fingerprint density at radius 2 is 2.08 bits per heavy atom. The van der Waals surface area contributed by atoms with E-state index in [9.17, 15) is 14.7 Å². The molecule has 1 fully saturated rings. The fourth-order valence-electron chi connectivity index (χ4n) is 3.03. The number of para-hydroxylation sites is 1. The Kier molecular flexibility index (Phi) is 7.21. The predicted octanol–water partition coefficient (Wildman–Crippen LogP) is 0.746. The number of carbonyl (C=O) groups excluding carboxylic acids is 2. The zero-order chi connectivity index (χ0) is 18.2. The number of benzene rings is 1. The minimum absolute atomic E-state index is 0.120. The van der Waals surface area contributed by atoms with Gasteiger partial charge in [-0.2, -0.15) is 0 Å². The van der Waals surface area contributed by atoms with Crippen molar-refractivity contribution in [1.29, 1.82) is 0 Å². The van der Waals surface area contributed by atoms with Gasteiger partial charge in [-0.3, -0.25) is 9.59 Å². The molecule has 0 radical (unpaired) electrons. The average molecular weight is 350 g/mol. The van der Waals surface area contributed by atoms with E-state index < -0.39 is 6.10 Å². The highest BCUT2D eigenvalue weighted by atomic mass is 16.5. The van der Waals surface area contributed by atoms with Gasteiger partial charge in [0.2, 0.25) is 11.8 Å². The highest BCUT2D eigenvalue weighted by molar-refractivity contribution is 5.76. The normalized spacial score (nSPS) is 22.9. The lowest BCUT2D eigenvalue weighted by Gasteiger charge is -2.35. The van der Waals surface area contributed by atoms with E-state index in [2.05, 4.69) is 10.6 Å². The molecular formula is C18H26N2O5. The first-order valence-corrected chi connectivity index (χ1v) is 8.45. The molecule has 1 aromatic rings. The van der Waals surface area contributed by atoms with Crippen molar-refractivity contribution in [3.8, 4) is 5.75 Å². The standard InChI is InChI=1S/C18H26N2O5/c1-12(22)20-15-8-7-14(25-17(15)11-21)9-18(23)19-10-13-5-3-4-6-16(13)24-2/h3-6,14-15,17,21H,7-11H2,1-2H3,(H,19,23)(H,20,22)/t14-,15+,17-/m0/s1. The van der Waals surface area contributed by atoms with Crippen LogP contribution in [0.15, 0.2) is 24.3 Å². The number of ether oxygens (including phenoxy) is 2. The van der Waals surface area contributed by atoms with Crippen molar-refractivity contribution in [3.05, 3.63) is 29.8 Å². The lowest BCUT2D eigenvalue weighted by molar-refractivity contribution is -0.135. The Balaban J connectivity index is 1.82. The summed E-state index contributed by atoms with van der Waals surface area (Å²) in [7, 11) is 1.59. The molecule has 2 amide bonds. The van der Waals surface area contributed by atoms with E-state index in [4.69, 9.17) is 9.47 Å². The summed E-state index contributed by atoms with van der Waals surface area (Å²) in [4.78, 5) is 23.4. The number of hydrogen-bond donors (Lipinski definition) is 3. The Morgan fingerprint density at radius 3 is 2.76 bits per heavy atom. The second-order valence-electron chi connectivity index (χ2n) is 6.16. The van der Waals surface area contributed by atoms with Crippen LogP contribution < -0.4 is 15.4 Å². The Morgan fingerprint density at radius 1 is 1.32 bits per heavy atom. The smallest absolute Gasteiger partial charge is 0.222 e. The van der Waals surface area contributed by atoms with Gasteiger partial charge in [-0.1, -0.05) is 18.2 Å². The maximum atomic E-state index is 12.2. The Bertz CT molecular complexity index is 593. The first kappa shape index (κ1) is 19.2. The molecule has 0 bridgehead atoms. The topological polar surface area (TPSA) is 96.9 Å². The monoisotopic (exact) mass is 350 g/mol. The van der Waals surface area contributed by atoms with Crippen molar-refractivity contribution in [1.82, 2.24) is 10.6 Å².